The average Bonchev–Trinajstić information content (AvgIpc) is 2.68. The molecule has 0 aromatic rings. The summed E-state index contributed by atoms with van der Waals surface area (Å²) in [6, 6.07) is 0.488. The third-order valence-electron chi connectivity index (χ3n) is 4.51. The predicted molar refractivity (Wildman–Crippen MR) is 107 cm³/mol. The summed E-state index contributed by atoms with van der Waals surface area (Å²) < 4.78 is 0. The Hall–Kier alpha value is -1.33. The van der Waals surface area contributed by atoms with Gasteiger partial charge >= 0.3 is 35.6 Å². The summed E-state index contributed by atoms with van der Waals surface area (Å²) in [5.74, 6) is 0.0503. The molecule has 0 aromatic heterocycles. The van der Waals surface area contributed by atoms with Crippen molar-refractivity contribution >= 4 is 30.2 Å². The van der Waals surface area contributed by atoms with Crippen molar-refractivity contribution in [3.05, 3.63) is 72.2 Å². The van der Waals surface area contributed by atoms with Crippen LogP contribution < -0.4 is 10.6 Å². The SMILES string of the molecule is O=C1C=CC=C/C1=C/N[C@@H]1CCCC[C@H]1N/C=C1/C=CC=CC1=O.[Cl][Ti][Cl]. The van der Waals surface area contributed by atoms with Gasteiger partial charge in [-0.3, -0.25) is 9.59 Å². The average molecular weight is 441 g/mol. The minimum absolute atomic E-state index is 0.0252. The first-order valence-electron chi connectivity index (χ1n) is 8.82. The molecule has 1 fully saturated rings. The molecule has 0 amide bonds. The summed E-state index contributed by atoms with van der Waals surface area (Å²) in [5.41, 5.74) is 1.35. The number of nitrogens with one attached hydrogen (secondary N) is 2. The zero-order valence-corrected chi connectivity index (χ0v) is 17.9. The molecular formula is C20H22Cl2N2O2Ti. The van der Waals surface area contributed by atoms with Crippen molar-refractivity contribution in [3.63, 3.8) is 0 Å². The van der Waals surface area contributed by atoms with Crippen LogP contribution in [0.1, 0.15) is 25.7 Å². The minimum atomic E-state index is -0.556. The molecule has 0 unspecified atom stereocenters. The summed E-state index contributed by atoms with van der Waals surface area (Å²) in [5, 5.41) is 6.79. The van der Waals surface area contributed by atoms with Crippen molar-refractivity contribution in [2.75, 3.05) is 0 Å². The fourth-order valence-corrected chi connectivity index (χ4v) is 3.12. The fraction of sp³-hybridized carbons (Fsp3) is 0.300. The Kier molecular flexibility index (Phi) is 9.92. The summed E-state index contributed by atoms with van der Waals surface area (Å²) in [6.45, 7) is 0. The number of allylic oxidation sites excluding steroid dienone is 10. The zero-order valence-electron chi connectivity index (χ0n) is 14.8. The van der Waals surface area contributed by atoms with E-state index in [-0.39, 0.29) is 23.7 Å². The first-order valence-corrected chi connectivity index (χ1v) is 13.1. The van der Waals surface area contributed by atoms with Gasteiger partial charge in [-0.15, -0.1) is 0 Å². The topological polar surface area (TPSA) is 58.2 Å². The van der Waals surface area contributed by atoms with Gasteiger partial charge in [0, 0.05) is 35.6 Å². The van der Waals surface area contributed by atoms with Crippen LogP contribution in [-0.4, -0.2) is 23.7 Å². The van der Waals surface area contributed by atoms with E-state index in [1.165, 1.54) is 12.8 Å². The van der Waals surface area contributed by atoms with E-state index in [0.29, 0.717) is 11.1 Å². The van der Waals surface area contributed by atoms with Gasteiger partial charge in [-0.1, -0.05) is 37.1 Å². The predicted octanol–water partition coefficient (Wildman–Crippen LogP) is 4.01. The van der Waals surface area contributed by atoms with E-state index in [2.05, 4.69) is 10.6 Å². The van der Waals surface area contributed by atoms with Gasteiger partial charge in [0.15, 0.2) is 11.6 Å². The zero-order chi connectivity index (χ0) is 19.5. The second kappa shape index (κ2) is 12.2. The summed E-state index contributed by atoms with van der Waals surface area (Å²) >= 11 is -0.556. The Balaban J connectivity index is 0.000000817. The van der Waals surface area contributed by atoms with E-state index in [0.717, 1.165) is 12.8 Å². The van der Waals surface area contributed by atoms with E-state index in [9.17, 15) is 9.59 Å². The Morgan fingerprint density at radius 3 is 1.52 bits per heavy atom. The molecule has 0 bridgehead atoms. The molecule has 0 saturated heterocycles. The van der Waals surface area contributed by atoms with Crippen molar-refractivity contribution in [1.29, 1.82) is 0 Å². The third kappa shape index (κ3) is 7.30. The van der Waals surface area contributed by atoms with Gasteiger partial charge in [0.2, 0.25) is 0 Å². The Labute approximate surface area is 176 Å². The molecule has 0 spiro atoms. The van der Waals surface area contributed by atoms with E-state index in [1.807, 2.05) is 36.7 Å². The van der Waals surface area contributed by atoms with Crippen LogP contribution in [0.25, 0.3) is 0 Å². The van der Waals surface area contributed by atoms with E-state index in [4.69, 9.17) is 18.6 Å². The Bertz CT molecular complexity index is 663. The molecule has 3 rings (SSSR count). The van der Waals surface area contributed by atoms with Gasteiger partial charge in [-0.2, -0.15) is 0 Å². The first-order chi connectivity index (χ1) is 13.2. The van der Waals surface area contributed by atoms with Crippen molar-refractivity contribution in [3.8, 4) is 0 Å². The van der Waals surface area contributed by atoms with Gasteiger partial charge in [0.05, 0.1) is 0 Å². The summed E-state index contributed by atoms with van der Waals surface area (Å²) in [7, 11) is 9.78. The summed E-state index contributed by atoms with van der Waals surface area (Å²) in [4.78, 5) is 23.6. The van der Waals surface area contributed by atoms with Crippen molar-refractivity contribution in [2.24, 2.45) is 0 Å². The molecule has 142 valence electrons. The van der Waals surface area contributed by atoms with Crippen LogP contribution in [0.15, 0.2) is 72.2 Å². The number of carbonyl (C=O) groups excluding carboxylic acids is 2. The summed E-state index contributed by atoms with van der Waals surface area (Å²) in [6.07, 6.45) is 22.1. The molecule has 1 saturated carbocycles. The van der Waals surface area contributed by atoms with Gasteiger partial charge in [-0.05, 0) is 37.1 Å². The number of halogens is 2. The van der Waals surface area contributed by atoms with Crippen LogP contribution in [0.4, 0.5) is 0 Å². The number of carbonyl (C=O) groups is 2. The number of hydrogen-bond donors (Lipinski definition) is 2. The quantitative estimate of drug-likeness (QED) is 0.512. The fourth-order valence-electron chi connectivity index (χ4n) is 3.12. The Morgan fingerprint density at radius 1 is 0.778 bits per heavy atom. The van der Waals surface area contributed by atoms with E-state index in [1.54, 1.807) is 24.3 Å². The van der Waals surface area contributed by atoms with Crippen molar-refractivity contribution in [2.45, 2.75) is 37.8 Å². The van der Waals surface area contributed by atoms with Crippen LogP contribution in [0, 0.1) is 0 Å². The van der Waals surface area contributed by atoms with E-state index < -0.39 is 17.0 Å². The molecular weight excluding hydrogens is 419 g/mol. The standard InChI is InChI=1S/C20H22N2O2.2ClH.Ti/c23-19-11-5-1-7-15(19)13-21-17-9-3-4-10-18(17)22-14-16-8-2-6-12-20(16)24;;;/h1-2,5-8,11-14,17-18,21-22H,3-4,9-10H2;2*1H;/q;;;+2/p-2/b15-13-,16-14-;;;/t17-,18-;;;/m1.../s1. The number of hydrogen-bond acceptors (Lipinski definition) is 4. The molecule has 2 atom stereocenters. The third-order valence-corrected chi connectivity index (χ3v) is 4.51. The van der Waals surface area contributed by atoms with Gasteiger partial charge in [0.25, 0.3) is 0 Å². The normalized spacial score (nSPS) is 26.7. The molecule has 0 radical (unpaired) electrons. The van der Waals surface area contributed by atoms with Crippen LogP contribution in [0.5, 0.6) is 0 Å². The molecule has 3 aliphatic carbocycles. The van der Waals surface area contributed by atoms with Crippen molar-refractivity contribution < 1.29 is 26.6 Å². The van der Waals surface area contributed by atoms with Gasteiger partial charge in [-0.25, -0.2) is 0 Å². The van der Waals surface area contributed by atoms with E-state index >= 15 is 0 Å². The van der Waals surface area contributed by atoms with Crippen LogP contribution in [-0.2, 0) is 26.6 Å². The van der Waals surface area contributed by atoms with Crippen molar-refractivity contribution in [1.82, 2.24) is 10.6 Å². The van der Waals surface area contributed by atoms with Crippen LogP contribution in [0.2, 0.25) is 0 Å². The molecule has 0 aromatic carbocycles. The molecule has 4 nitrogen and oxygen atoms in total. The second-order valence-electron chi connectivity index (χ2n) is 6.27. The first kappa shape index (κ1) is 22.0. The maximum atomic E-state index is 11.8. The molecule has 2 N–H and O–H groups in total. The van der Waals surface area contributed by atoms with Crippen LogP contribution >= 0.6 is 18.6 Å². The second-order valence-corrected chi connectivity index (χ2v) is 8.85. The molecule has 0 aliphatic heterocycles. The molecule has 7 heteroatoms. The maximum absolute atomic E-state index is 11.8. The number of rotatable bonds is 4. The number of ketones is 2. The molecule has 27 heavy (non-hydrogen) atoms. The monoisotopic (exact) mass is 440 g/mol. The Morgan fingerprint density at radius 2 is 1.15 bits per heavy atom. The van der Waals surface area contributed by atoms with Crippen LogP contribution in [0.3, 0.4) is 0 Å². The van der Waals surface area contributed by atoms with Gasteiger partial charge in [0.1, 0.15) is 0 Å². The van der Waals surface area contributed by atoms with Gasteiger partial charge < -0.3 is 10.6 Å². The molecule has 0 heterocycles. The molecule has 3 aliphatic rings.